The van der Waals surface area contributed by atoms with Crippen LogP contribution in [0.15, 0.2) is 18.3 Å². The van der Waals surface area contributed by atoms with Gasteiger partial charge in [-0.05, 0) is 55.9 Å². The van der Waals surface area contributed by atoms with Crippen LogP contribution < -0.4 is 10.1 Å². The highest BCUT2D eigenvalue weighted by Gasteiger charge is 2.29. The molecular weight excluding hydrogens is 224 g/mol. The molecule has 1 N–H and O–H groups in total. The Labute approximate surface area is 108 Å². The summed E-state index contributed by atoms with van der Waals surface area (Å²) >= 11 is 0. The standard InChI is InChI=1S/C15H20N2O/c1-10-15(18-2)8-13(9-17-10)12-4-3-11-5-6-16-14(11)7-12/h7-9,11,14,16H,3-6H2,1-2H3/t11-,14-/m0/s1. The van der Waals surface area contributed by atoms with E-state index in [1.807, 2.05) is 13.1 Å². The lowest BCUT2D eigenvalue weighted by Gasteiger charge is -2.24. The van der Waals surface area contributed by atoms with Gasteiger partial charge in [0.15, 0.2) is 0 Å². The average Bonchev–Trinajstić information content (AvgIpc) is 2.86. The van der Waals surface area contributed by atoms with E-state index in [0.717, 1.165) is 30.3 Å². The number of aryl methyl sites for hydroxylation is 1. The molecule has 0 bridgehead atoms. The molecule has 1 aliphatic carbocycles. The van der Waals surface area contributed by atoms with Gasteiger partial charge >= 0.3 is 0 Å². The average molecular weight is 244 g/mol. The van der Waals surface area contributed by atoms with Crippen LogP contribution in [0.3, 0.4) is 0 Å². The maximum absolute atomic E-state index is 5.36. The van der Waals surface area contributed by atoms with Crippen molar-refractivity contribution in [2.75, 3.05) is 13.7 Å². The van der Waals surface area contributed by atoms with Crippen molar-refractivity contribution < 1.29 is 4.74 Å². The predicted molar refractivity (Wildman–Crippen MR) is 72.6 cm³/mol. The Morgan fingerprint density at radius 3 is 3.11 bits per heavy atom. The van der Waals surface area contributed by atoms with E-state index in [1.165, 1.54) is 24.0 Å². The van der Waals surface area contributed by atoms with Crippen LogP contribution in [0.1, 0.15) is 30.5 Å². The van der Waals surface area contributed by atoms with Crippen molar-refractivity contribution in [3.05, 3.63) is 29.6 Å². The predicted octanol–water partition coefficient (Wildman–Crippen LogP) is 2.55. The number of hydrogen-bond acceptors (Lipinski definition) is 3. The van der Waals surface area contributed by atoms with Gasteiger partial charge in [0.2, 0.25) is 0 Å². The molecule has 0 spiro atoms. The minimum absolute atomic E-state index is 0.570. The third-order valence-electron chi connectivity index (χ3n) is 4.20. The quantitative estimate of drug-likeness (QED) is 0.868. The summed E-state index contributed by atoms with van der Waals surface area (Å²) in [5, 5.41) is 3.57. The third kappa shape index (κ3) is 2.03. The summed E-state index contributed by atoms with van der Waals surface area (Å²) in [6.45, 7) is 3.14. The van der Waals surface area contributed by atoms with Gasteiger partial charge in [-0.1, -0.05) is 6.08 Å². The van der Waals surface area contributed by atoms with Crippen LogP contribution in [-0.4, -0.2) is 24.7 Å². The van der Waals surface area contributed by atoms with Crippen molar-refractivity contribution in [1.82, 2.24) is 10.3 Å². The Kier molecular flexibility index (Phi) is 3.08. The van der Waals surface area contributed by atoms with Crippen molar-refractivity contribution >= 4 is 5.57 Å². The zero-order valence-corrected chi connectivity index (χ0v) is 11.1. The molecule has 0 amide bonds. The van der Waals surface area contributed by atoms with Gasteiger partial charge in [0.1, 0.15) is 5.75 Å². The van der Waals surface area contributed by atoms with E-state index >= 15 is 0 Å². The second-order valence-electron chi connectivity index (χ2n) is 5.27. The topological polar surface area (TPSA) is 34.1 Å². The molecule has 96 valence electrons. The smallest absolute Gasteiger partial charge is 0.140 e. The number of fused-ring (bicyclic) bond motifs is 1. The van der Waals surface area contributed by atoms with E-state index in [1.54, 1.807) is 7.11 Å². The van der Waals surface area contributed by atoms with Crippen LogP contribution in [0.5, 0.6) is 5.75 Å². The molecule has 1 aromatic rings. The molecule has 1 aliphatic heterocycles. The first-order valence-electron chi connectivity index (χ1n) is 6.73. The molecule has 2 atom stereocenters. The molecular formula is C15H20N2O. The van der Waals surface area contributed by atoms with E-state index in [0.29, 0.717) is 6.04 Å². The van der Waals surface area contributed by atoms with E-state index < -0.39 is 0 Å². The van der Waals surface area contributed by atoms with Gasteiger partial charge in [0.05, 0.1) is 12.8 Å². The molecule has 2 heterocycles. The summed E-state index contributed by atoms with van der Waals surface area (Å²) in [5.41, 5.74) is 3.58. The molecule has 0 radical (unpaired) electrons. The number of hydrogen-bond donors (Lipinski definition) is 1. The van der Waals surface area contributed by atoms with E-state index in [2.05, 4.69) is 22.4 Å². The molecule has 3 heteroatoms. The number of aromatic nitrogens is 1. The second kappa shape index (κ2) is 4.73. The van der Waals surface area contributed by atoms with Crippen LogP contribution in [0, 0.1) is 12.8 Å². The fourth-order valence-electron chi connectivity index (χ4n) is 3.08. The van der Waals surface area contributed by atoms with E-state index in [9.17, 15) is 0 Å². The van der Waals surface area contributed by atoms with Crippen molar-refractivity contribution in [1.29, 1.82) is 0 Å². The lowest BCUT2D eigenvalue weighted by molar-refractivity contribution is 0.409. The zero-order chi connectivity index (χ0) is 12.5. The number of pyridine rings is 1. The Balaban J connectivity index is 1.90. The Bertz CT molecular complexity index is 481. The van der Waals surface area contributed by atoms with Gasteiger partial charge in [-0.2, -0.15) is 0 Å². The number of ether oxygens (including phenoxy) is 1. The first kappa shape index (κ1) is 11.7. The molecule has 1 saturated heterocycles. The van der Waals surface area contributed by atoms with Gasteiger partial charge < -0.3 is 10.1 Å². The SMILES string of the molecule is COc1cc(C2=C[C@@H]3NCC[C@@H]3CC2)cnc1C. The molecule has 3 rings (SSSR count). The van der Waals surface area contributed by atoms with Gasteiger partial charge in [-0.3, -0.25) is 4.98 Å². The number of nitrogens with zero attached hydrogens (tertiary/aromatic N) is 1. The number of allylic oxidation sites excluding steroid dienone is 1. The molecule has 0 saturated carbocycles. The van der Waals surface area contributed by atoms with Crippen LogP contribution in [0.25, 0.3) is 5.57 Å². The molecule has 1 fully saturated rings. The van der Waals surface area contributed by atoms with Gasteiger partial charge in [0.25, 0.3) is 0 Å². The number of nitrogens with one attached hydrogen (secondary N) is 1. The minimum Gasteiger partial charge on any atom is -0.495 e. The van der Waals surface area contributed by atoms with Crippen LogP contribution in [-0.2, 0) is 0 Å². The fourth-order valence-corrected chi connectivity index (χ4v) is 3.08. The summed E-state index contributed by atoms with van der Waals surface area (Å²) in [4.78, 5) is 4.42. The van der Waals surface area contributed by atoms with Crippen molar-refractivity contribution in [2.24, 2.45) is 5.92 Å². The Hall–Kier alpha value is -1.35. The maximum Gasteiger partial charge on any atom is 0.140 e. The van der Waals surface area contributed by atoms with E-state index in [4.69, 9.17) is 4.74 Å². The van der Waals surface area contributed by atoms with Gasteiger partial charge in [-0.15, -0.1) is 0 Å². The van der Waals surface area contributed by atoms with Gasteiger partial charge in [0, 0.05) is 12.2 Å². The molecule has 0 unspecified atom stereocenters. The summed E-state index contributed by atoms with van der Waals surface area (Å²) in [5.74, 6) is 1.73. The normalized spacial score (nSPS) is 26.7. The fraction of sp³-hybridized carbons (Fsp3) is 0.533. The second-order valence-corrected chi connectivity index (χ2v) is 5.27. The molecule has 18 heavy (non-hydrogen) atoms. The zero-order valence-electron chi connectivity index (χ0n) is 11.1. The molecule has 2 aliphatic rings. The van der Waals surface area contributed by atoms with Crippen LogP contribution in [0.4, 0.5) is 0 Å². The highest BCUT2D eigenvalue weighted by molar-refractivity contribution is 5.68. The molecule has 3 nitrogen and oxygen atoms in total. The Morgan fingerprint density at radius 2 is 2.28 bits per heavy atom. The lowest BCUT2D eigenvalue weighted by Crippen LogP contribution is -2.27. The highest BCUT2D eigenvalue weighted by atomic mass is 16.5. The maximum atomic E-state index is 5.36. The van der Waals surface area contributed by atoms with Crippen LogP contribution >= 0.6 is 0 Å². The Morgan fingerprint density at radius 1 is 1.39 bits per heavy atom. The van der Waals surface area contributed by atoms with Crippen LogP contribution in [0.2, 0.25) is 0 Å². The van der Waals surface area contributed by atoms with E-state index in [-0.39, 0.29) is 0 Å². The molecule has 0 aromatic carbocycles. The van der Waals surface area contributed by atoms with Gasteiger partial charge in [-0.25, -0.2) is 0 Å². The largest absolute Gasteiger partial charge is 0.495 e. The highest BCUT2D eigenvalue weighted by Crippen LogP contribution is 2.35. The number of rotatable bonds is 2. The van der Waals surface area contributed by atoms with Crippen molar-refractivity contribution in [2.45, 2.75) is 32.2 Å². The first-order valence-corrected chi connectivity index (χ1v) is 6.73. The molecule has 1 aromatic heterocycles. The third-order valence-corrected chi connectivity index (χ3v) is 4.20. The number of methoxy groups -OCH3 is 1. The monoisotopic (exact) mass is 244 g/mol. The lowest BCUT2D eigenvalue weighted by atomic mass is 9.84. The summed E-state index contributed by atoms with van der Waals surface area (Å²) < 4.78 is 5.36. The van der Waals surface area contributed by atoms with Crippen molar-refractivity contribution in [3.63, 3.8) is 0 Å². The summed E-state index contributed by atoms with van der Waals surface area (Å²) in [6, 6.07) is 2.68. The minimum atomic E-state index is 0.570. The summed E-state index contributed by atoms with van der Waals surface area (Å²) in [7, 11) is 1.71. The summed E-state index contributed by atoms with van der Waals surface area (Å²) in [6.07, 6.45) is 8.15. The first-order chi connectivity index (χ1) is 8.78. The van der Waals surface area contributed by atoms with Crippen molar-refractivity contribution in [3.8, 4) is 5.75 Å².